The third-order valence-electron chi connectivity index (χ3n) is 1.41. The van der Waals surface area contributed by atoms with Crippen LogP contribution in [0.2, 0.25) is 0 Å². The lowest BCUT2D eigenvalue weighted by Gasteiger charge is -2.16. The van der Waals surface area contributed by atoms with E-state index in [0.29, 0.717) is 12.3 Å². The van der Waals surface area contributed by atoms with Crippen LogP contribution in [-0.2, 0) is 4.79 Å². The Hall–Kier alpha value is -0.220. The summed E-state index contributed by atoms with van der Waals surface area (Å²) in [7, 11) is 0. The van der Waals surface area contributed by atoms with Gasteiger partial charge < -0.3 is 10.4 Å². The van der Waals surface area contributed by atoms with Gasteiger partial charge in [-0.05, 0) is 5.92 Å². The molecule has 2 N–H and O–H groups in total. The summed E-state index contributed by atoms with van der Waals surface area (Å²) in [6.45, 7) is 4.40. The Balaban J connectivity index is 3.80. The molecule has 0 amide bonds. The lowest BCUT2D eigenvalue weighted by molar-refractivity contribution is -0.140. The molecule has 1 atom stereocenters. The minimum absolute atomic E-state index is 0.118. The molecule has 0 unspecified atom stereocenters. The van der Waals surface area contributed by atoms with Crippen LogP contribution >= 0.6 is 12.6 Å². The lowest BCUT2D eigenvalue weighted by atomic mass is 10.1. The van der Waals surface area contributed by atoms with Crippen molar-refractivity contribution in [2.45, 2.75) is 19.9 Å². The molecule has 0 bridgehead atoms. The fourth-order valence-electron chi connectivity index (χ4n) is 0.828. The molecule has 0 saturated carbocycles. The first-order valence-corrected chi connectivity index (χ1v) is 4.30. The average Bonchev–Trinajstić information content (AvgIpc) is 1.87. The molecular weight excluding hydrogens is 162 g/mol. The highest BCUT2D eigenvalue weighted by Crippen LogP contribution is 2.00. The standard InChI is InChI=1S/C7H15NO2S/c1-5(2)6(7(9)10)8-3-4-11/h5-6,8,11H,3-4H2,1-2H3,(H,9,10)/t6-/m1/s1. The molecule has 0 aromatic heterocycles. The van der Waals surface area contributed by atoms with Gasteiger partial charge in [0.05, 0.1) is 0 Å². The first-order chi connectivity index (χ1) is 5.09. The van der Waals surface area contributed by atoms with Gasteiger partial charge in [0.15, 0.2) is 0 Å². The SMILES string of the molecule is CC(C)[C@@H](NCCS)C(=O)O. The maximum atomic E-state index is 10.6. The highest BCUT2D eigenvalue weighted by molar-refractivity contribution is 7.80. The van der Waals surface area contributed by atoms with E-state index >= 15 is 0 Å². The number of aliphatic carboxylic acids is 1. The Kier molecular flexibility index (Phi) is 5.32. The molecular formula is C7H15NO2S. The molecule has 11 heavy (non-hydrogen) atoms. The minimum atomic E-state index is -0.790. The van der Waals surface area contributed by atoms with Crippen molar-refractivity contribution in [1.82, 2.24) is 5.32 Å². The van der Waals surface area contributed by atoms with Gasteiger partial charge >= 0.3 is 5.97 Å². The predicted molar refractivity (Wildman–Crippen MR) is 48.1 cm³/mol. The van der Waals surface area contributed by atoms with Crippen LogP contribution in [0.25, 0.3) is 0 Å². The third kappa shape index (κ3) is 4.27. The lowest BCUT2D eigenvalue weighted by Crippen LogP contribution is -2.41. The maximum Gasteiger partial charge on any atom is 0.320 e. The number of carboxylic acid groups (broad SMARTS) is 1. The van der Waals surface area contributed by atoms with E-state index in [4.69, 9.17) is 5.11 Å². The molecule has 0 aromatic carbocycles. The van der Waals surface area contributed by atoms with Crippen LogP contribution in [-0.4, -0.2) is 29.4 Å². The van der Waals surface area contributed by atoms with E-state index in [1.807, 2.05) is 13.8 Å². The summed E-state index contributed by atoms with van der Waals surface area (Å²) in [5.41, 5.74) is 0. The largest absolute Gasteiger partial charge is 0.480 e. The molecule has 0 rings (SSSR count). The zero-order chi connectivity index (χ0) is 8.85. The van der Waals surface area contributed by atoms with Crippen molar-refractivity contribution in [3.8, 4) is 0 Å². The number of carbonyl (C=O) groups is 1. The Morgan fingerprint density at radius 3 is 2.45 bits per heavy atom. The maximum absolute atomic E-state index is 10.6. The third-order valence-corrected chi connectivity index (χ3v) is 1.63. The second-order valence-electron chi connectivity index (χ2n) is 2.74. The summed E-state index contributed by atoms with van der Waals surface area (Å²) in [4.78, 5) is 10.6. The molecule has 4 heteroatoms. The average molecular weight is 177 g/mol. The van der Waals surface area contributed by atoms with Gasteiger partial charge in [0.1, 0.15) is 6.04 Å². The van der Waals surface area contributed by atoms with Crippen LogP contribution in [0.3, 0.4) is 0 Å². The molecule has 0 fully saturated rings. The summed E-state index contributed by atoms with van der Waals surface area (Å²) in [5, 5.41) is 11.6. The minimum Gasteiger partial charge on any atom is -0.480 e. The van der Waals surface area contributed by atoms with Crippen molar-refractivity contribution in [3.05, 3.63) is 0 Å². The summed E-state index contributed by atoms with van der Waals surface area (Å²) in [5.74, 6) is -0.00887. The fourth-order valence-corrected chi connectivity index (χ4v) is 0.957. The van der Waals surface area contributed by atoms with Gasteiger partial charge in [-0.2, -0.15) is 12.6 Å². The highest BCUT2D eigenvalue weighted by atomic mass is 32.1. The van der Waals surface area contributed by atoms with Crippen molar-refractivity contribution < 1.29 is 9.90 Å². The fraction of sp³-hybridized carbons (Fsp3) is 0.857. The van der Waals surface area contributed by atoms with Crippen molar-refractivity contribution in [1.29, 1.82) is 0 Å². The van der Waals surface area contributed by atoms with Crippen molar-refractivity contribution in [3.63, 3.8) is 0 Å². The normalized spacial score (nSPS) is 13.5. The van der Waals surface area contributed by atoms with E-state index in [0.717, 1.165) is 0 Å². The monoisotopic (exact) mass is 177 g/mol. The van der Waals surface area contributed by atoms with Gasteiger partial charge in [0, 0.05) is 12.3 Å². The molecule has 0 spiro atoms. The molecule has 0 aromatic rings. The van der Waals surface area contributed by atoms with Crippen LogP contribution in [0.15, 0.2) is 0 Å². The second-order valence-corrected chi connectivity index (χ2v) is 3.18. The number of nitrogens with one attached hydrogen (secondary N) is 1. The van der Waals surface area contributed by atoms with Crippen LogP contribution in [0.5, 0.6) is 0 Å². The molecule has 0 aliphatic heterocycles. The van der Waals surface area contributed by atoms with E-state index in [9.17, 15) is 4.79 Å². The second kappa shape index (κ2) is 5.43. The summed E-state index contributed by atoms with van der Waals surface area (Å²) in [6, 6.07) is -0.442. The number of carboxylic acids is 1. The van der Waals surface area contributed by atoms with Gasteiger partial charge in [-0.1, -0.05) is 13.8 Å². The van der Waals surface area contributed by atoms with Gasteiger partial charge in [-0.15, -0.1) is 0 Å². The Morgan fingerprint density at radius 2 is 2.18 bits per heavy atom. The molecule has 0 aliphatic carbocycles. The summed E-state index contributed by atoms with van der Waals surface area (Å²) < 4.78 is 0. The Bertz CT molecular complexity index is 128. The first kappa shape index (κ1) is 10.8. The molecule has 0 saturated heterocycles. The highest BCUT2D eigenvalue weighted by Gasteiger charge is 2.19. The van der Waals surface area contributed by atoms with E-state index < -0.39 is 12.0 Å². The van der Waals surface area contributed by atoms with Crippen molar-refractivity contribution >= 4 is 18.6 Å². The summed E-state index contributed by atoms with van der Waals surface area (Å²) in [6.07, 6.45) is 0. The zero-order valence-electron chi connectivity index (χ0n) is 6.87. The number of rotatable bonds is 5. The first-order valence-electron chi connectivity index (χ1n) is 3.66. The van der Waals surface area contributed by atoms with Gasteiger partial charge in [0.2, 0.25) is 0 Å². The van der Waals surface area contributed by atoms with Gasteiger partial charge in [-0.25, -0.2) is 0 Å². The summed E-state index contributed by atoms with van der Waals surface area (Å²) >= 11 is 3.98. The molecule has 66 valence electrons. The predicted octanol–water partition coefficient (Wildman–Crippen LogP) is 0.615. The molecule has 0 aliphatic rings. The number of hydrogen-bond acceptors (Lipinski definition) is 3. The Labute approximate surface area is 72.6 Å². The van der Waals surface area contributed by atoms with E-state index in [1.165, 1.54) is 0 Å². The van der Waals surface area contributed by atoms with Crippen LogP contribution < -0.4 is 5.32 Å². The smallest absolute Gasteiger partial charge is 0.320 e. The topological polar surface area (TPSA) is 49.3 Å². The van der Waals surface area contributed by atoms with Crippen LogP contribution in [0.1, 0.15) is 13.8 Å². The number of hydrogen-bond donors (Lipinski definition) is 3. The molecule has 0 radical (unpaired) electrons. The Morgan fingerprint density at radius 1 is 1.64 bits per heavy atom. The molecule has 0 heterocycles. The van der Waals surface area contributed by atoms with Gasteiger partial charge in [0.25, 0.3) is 0 Å². The zero-order valence-corrected chi connectivity index (χ0v) is 7.77. The van der Waals surface area contributed by atoms with Crippen LogP contribution in [0.4, 0.5) is 0 Å². The quantitative estimate of drug-likeness (QED) is 0.539. The van der Waals surface area contributed by atoms with E-state index in [-0.39, 0.29) is 5.92 Å². The van der Waals surface area contributed by atoms with E-state index in [1.54, 1.807) is 0 Å². The van der Waals surface area contributed by atoms with E-state index in [2.05, 4.69) is 17.9 Å². The van der Waals surface area contributed by atoms with Crippen molar-refractivity contribution in [2.75, 3.05) is 12.3 Å². The van der Waals surface area contributed by atoms with Gasteiger partial charge in [-0.3, -0.25) is 4.79 Å². The number of thiol groups is 1. The van der Waals surface area contributed by atoms with Crippen LogP contribution in [0, 0.1) is 5.92 Å². The van der Waals surface area contributed by atoms with Crippen molar-refractivity contribution in [2.24, 2.45) is 5.92 Å². The molecule has 3 nitrogen and oxygen atoms in total.